The van der Waals surface area contributed by atoms with Gasteiger partial charge >= 0.3 is 0 Å². The molecule has 5 nitrogen and oxygen atoms in total. The molecule has 0 fully saturated rings. The van der Waals surface area contributed by atoms with E-state index in [4.69, 9.17) is 4.74 Å². The van der Waals surface area contributed by atoms with Gasteiger partial charge in [-0.05, 0) is 12.5 Å². The van der Waals surface area contributed by atoms with E-state index in [0.29, 0.717) is 25.3 Å². The number of aromatic nitrogens is 1. The molecule has 1 aromatic rings. The number of carbonyl (C=O) groups excluding carboxylic acids is 1. The summed E-state index contributed by atoms with van der Waals surface area (Å²) in [7, 11) is 1.58. The largest absolute Gasteiger partial charge is 0.383 e. The maximum absolute atomic E-state index is 11.7. The zero-order valence-electron chi connectivity index (χ0n) is 10.5. The Hall–Kier alpha value is -1.14. The van der Waals surface area contributed by atoms with Gasteiger partial charge in [0.25, 0.3) is 5.56 Å². The van der Waals surface area contributed by atoms with Crippen LogP contribution >= 0.6 is 15.9 Å². The second-order valence-electron chi connectivity index (χ2n) is 3.81. The van der Waals surface area contributed by atoms with Crippen LogP contribution in [0.15, 0.2) is 23.1 Å². The lowest BCUT2D eigenvalue weighted by molar-refractivity contribution is -0.115. The number of anilines is 1. The summed E-state index contributed by atoms with van der Waals surface area (Å²) in [6, 6.07) is 3.03. The Morgan fingerprint density at radius 1 is 1.56 bits per heavy atom. The van der Waals surface area contributed by atoms with Crippen molar-refractivity contribution in [3.05, 3.63) is 28.7 Å². The van der Waals surface area contributed by atoms with Crippen LogP contribution in [0, 0.1) is 0 Å². The molecule has 0 saturated heterocycles. The number of rotatable bonds is 6. The van der Waals surface area contributed by atoms with E-state index in [-0.39, 0.29) is 16.3 Å². The molecule has 1 rings (SSSR count). The van der Waals surface area contributed by atoms with Crippen LogP contribution in [0.1, 0.15) is 13.3 Å². The van der Waals surface area contributed by atoms with Crippen molar-refractivity contribution >= 4 is 27.5 Å². The molecule has 0 saturated carbocycles. The number of halogens is 1. The number of carbonyl (C=O) groups is 1. The summed E-state index contributed by atoms with van der Waals surface area (Å²) >= 11 is 3.27. The van der Waals surface area contributed by atoms with Crippen molar-refractivity contribution in [2.45, 2.75) is 24.7 Å². The van der Waals surface area contributed by atoms with Gasteiger partial charge in [0.1, 0.15) is 0 Å². The Bertz CT molecular complexity index is 459. The average molecular weight is 317 g/mol. The summed E-state index contributed by atoms with van der Waals surface area (Å²) in [5.41, 5.74) is 0.490. The molecule has 1 heterocycles. The summed E-state index contributed by atoms with van der Waals surface area (Å²) in [5.74, 6) is -0.116. The molecule has 0 aliphatic heterocycles. The molecule has 0 spiro atoms. The molecule has 0 aromatic carbocycles. The second kappa shape index (κ2) is 7.33. The minimum atomic E-state index is -0.225. The summed E-state index contributed by atoms with van der Waals surface area (Å²) in [6.45, 7) is 2.83. The van der Waals surface area contributed by atoms with Gasteiger partial charge in [-0.15, -0.1) is 0 Å². The quantitative estimate of drug-likeness (QED) is 0.811. The Morgan fingerprint density at radius 3 is 2.89 bits per heavy atom. The standard InChI is InChI=1S/C12H17BrN2O3/c1-3-10(13)12(17)14-9-4-5-11(16)15(8-9)6-7-18-2/h4-5,8,10H,3,6-7H2,1-2H3,(H,14,17). The molecule has 1 unspecified atom stereocenters. The van der Waals surface area contributed by atoms with Crippen molar-refractivity contribution in [1.82, 2.24) is 4.57 Å². The van der Waals surface area contributed by atoms with Crippen molar-refractivity contribution in [3.8, 4) is 0 Å². The van der Waals surface area contributed by atoms with Crippen LogP contribution in [-0.4, -0.2) is 29.0 Å². The van der Waals surface area contributed by atoms with Crippen molar-refractivity contribution in [2.75, 3.05) is 19.0 Å². The van der Waals surface area contributed by atoms with Crippen molar-refractivity contribution in [2.24, 2.45) is 0 Å². The highest BCUT2D eigenvalue weighted by molar-refractivity contribution is 9.10. The third-order valence-electron chi connectivity index (χ3n) is 2.43. The molecule has 1 N–H and O–H groups in total. The fourth-order valence-corrected chi connectivity index (χ4v) is 1.49. The molecule has 1 aromatic heterocycles. The summed E-state index contributed by atoms with van der Waals surface area (Å²) in [6.07, 6.45) is 2.32. The van der Waals surface area contributed by atoms with Crippen LogP contribution in [0.25, 0.3) is 0 Å². The minimum absolute atomic E-state index is 0.115. The summed E-state index contributed by atoms with van der Waals surface area (Å²) < 4.78 is 6.43. The molecular formula is C12H17BrN2O3. The Labute approximate surface area is 114 Å². The Balaban J connectivity index is 2.78. The number of nitrogens with zero attached hydrogens (tertiary/aromatic N) is 1. The smallest absolute Gasteiger partial charge is 0.250 e. The van der Waals surface area contributed by atoms with Crippen LogP contribution in [0.4, 0.5) is 5.69 Å². The van der Waals surface area contributed by atoms with Crippen LogP contribution in [0.3, 0.4) is 0 Å². The number of ether oxygens (including phenoxy) is 1. The van der Waals surface area contributed by atoms with Gasteiger partial charge in [0.15, 0.2) is 0 Å². The maximum atomic E-state index is 11.7. The SMILES string of the molecule is CCC(Br)C(=O)Nc1ccc(=O)n(CCOC)c1. The number of hydrogen-bond donors (Lipinski definition) is 1. The third-order valence-corrected chi connectivity index (χ3v) is 3.49. The van der Waals surface area contributed by atoms with Gasteiger partial charge in [-0.1, -0.05) is 22.9 Å². The number of methoxy groups -OCH3 is 1. The Morgan fingerprint density at radius 2 is 2.28 bits per heavy atom. The lowest BCUT2D eigenvalue weighted by Gasteiger charge is -2.11. The molecule has 1 amide bonds. The van der Waals surface area contributed by atoms with Gasteiger partial charge in [-0.25, -0.2) is 0 Å². The molecular weight excluding hydrogens is 300 g/mol. The van der Waals surface area contributed by atoms with E-state index < -0.39 is 0 Å². The van der Waals surface area contributed by atoms with Gasteiger partial charge in [-0.3, -0.25) is 9.59 Å². The van der Waals surface area contributed by atoms with Gasteiger partial charge in [-0.2, -0.15) is 0 Å². The van der Waals surface area contributed by atoms with Crippen molar-refractivity contribution in [3.63, 3.8) is 0 Å². The maximum Gasteiger partial charge on any atom is 0.250 e. The number of nitrogens with one attached hydrogen (secondary N) is 1. The van der Waals surface area contributed by atoms with E-state index in [1.54, 1.807) is 19.4 Å². The van der Waals surface area contributed by atoms with E-state index in [1.807, 2.05) is 6.92 Å². The molecule has 0 aliphatic carbocycles. The molecule has 0 aliphatic rings. The first-order valence-corrected chi connectivity index (χ1v) is 6.64. The normalized spacial score (nSPS) is 12.2. The lowest BCUT2D eigenvalue weighted by atomic mass is 10.3. The molecule has 18 heavy (non-hydrogen) atoms. The Kier molecular flexibility index (Phi) is 6.07. The second-order valence-corrected chi connectivity index (χ2v) is 4.91. The summed E-state index contributed by atoms with van der Waals surface area (Å²) in [5, 5.41) is 2.75. The highest BCUT2D eigenvalue weighted by atomic mass is 79.9. The predicted octanol–water partition coefficient (Wildman–Crippen LogP) is 1.61. The molecule has 100 valence electrons. The molecule has 0 radical (unpaired) electrons. The van der Waals surface area contributed by atoms with Crippen LogP contribution in [0.5, 0.6) is 0 Å². The van der Waals surface area contributed by atoms with Crippen LogP contribution < -0.4 is 10.9 Å². The average Bonchev–Trinajstić information content (AvgIpc) is 2.38. The van der Waals surface area contributed by atoms with Crippen LogP contribution in [0.2, 0.25) is 0 Å². The van der Waals surface area contributed by atoms with E-state index in [2.05, 4.69) is 21.2 Å². The predicted molar refractivity (Wildman–Crippen MR) is 74.2 cm³/mol. The first kappa shape index (κ1) is 14.9. The molecule has 1 atom stereocenters. The van der Waals surface area contributed by atoms with Crippen molar-refractivity contribution in [1.29, 1.82) is 0 Å². The van der Waals surface area contributed by atoms with E-state index in [0.717, 1.165) is 0 Å². The zero-order chi connectivity index (χ0) is 13.5. The number of pyridine rings is 1. The first-order valence-electron chi connectivity index (χ1n) is 5.72. The molecule has 0 bridgehead atoms. The van der Waals surface area contributed by atoms with E-state index >= 15 is 0 Å². The van der Waals surface area contributed by atoms with E-state index in [1.165, 1.54) is 10.6 Å². The number of amides is 1. The van der Waals surface area contributed by atoms with Gasteiger partial charge in [0.2, 0.25) is 5.91 Å². The third kappa shape index (κ3) is 4.27. The number of alkyl halides is 1. The minimum Gasteiger partial charge on any atom is -0.383 e. The van der Waals surface area contributed by atoms with Crippen molar-refractivity contribution < 1.29 is 9.53 Å². The van der Waals surface area contributed by atoms with E-state index in [9.17, 15) is 9.59 Å². The van der Waals surface area contributed by atoms with Gasteiger partial charge in [0, 0.05) is 25.9 Å². The summed E-state index contributed by atoms with van der Waals surface area (Å²) in [4.78, 5) is 23.0. The van der Waals surface area contributed by atoms with Crippen LogP contribution in [-0.2, 0) is 16.1 Å². The highest BCUT2D eigenvalue weighted by Gasteiger charge is 2.12. The zero-order valence-corrected chi connectivity index (χ0v) is 12.1. The molecule has 6 heteroatoms. The topological polar surface area (TPSA) is 60.3 Å². The fraction of sp³-hybridized carbons (Fsp3) is 0.500. The monoisotopic (exact) mass is 316 g/mol. The van der Waals surface area contributed by atoms with Gasteiger partial charge < -0.3 is 14.6 Å². The highest BCUT2D eigenvalue weighted by Crippen LogP contribution is 2.10. The lowest BCUT2D eigenvalue weighted by Crippen LogP contribution is -2.25. The number of hydrogen-bond acceptors (Lipinski definition) is 3. The fourth-order valence-electron chi connectivity index (χ4n) is 1.38. The first-order chi connectivity index (χ1) is 8.58. The van der Waals surface area contributed by atoms with Gasteiger partial charge in [0.05, 0.1) is 17.1 Å².